The lowest BCUT2D eigenvalue weighted by atomic mass is 9.84. The van der Waals surface area contributed by atoms with Crippen LogP contribution in [-0.2, 0) is 0 Å². The average Bonchev–Trinajstić information content (AvgIpc) is 2.38. The fourth-order valence-electron chi connectivity index (χ4n) is 2.80. The van der Waals surface area contributed by atoms with Crippen molar-refractivity contribution in [1.82, 2.24) is 9.97 Å². The zero-order valence-electron chi connectivity index (χ0n) is 12.3. The first-order valence-corrected chi connectivity index (χ1v) is 7.42. The van der Waals surface area contributed by atoms with Crippen LogP contribution >= 0.6 is 0 Å². The van der Waals surface area contributed by atoms with E-state index in [9.17, 15) is 0 Å². The smallest absolute Gasteiger partial charge is 0.223 e. The summed E-state index contributed by atoms with van der Waals surface area (Å²) in [6, 6.07) is 2.50. The van der Waals surface area contributed by atoms with Gasteiger partial charge in [-0.25, -0.2) is 9.97 Å². The Bertz CT molecular complexity index is 417. The summed E-state index contributed by atoms with van der Waals surface area (Å²) in [5, 5.41) is 3.52. The van der Waals surface area contributed by atoms with Crippen molar-refractivity contribution in [3.8, 4) is 0 Å². The predicted molar refractivity (Wildman–Crippen MR) is 79.3 cm³/mol. The van der Waals surface area contributed by atoms with Crippen molar-refractivity contribution in [2.75, 3.05) is 11.9 Å². The van der Waals surface area contributed by atoms with Gasteiger partial charge in [-0.3, -0.25) is 0 Å². The summed E-state index contributed by atoms with van der Waals surface area (Å²) < 4.78 is 0. The largest absolute Gasteiger partial charge is 0.351 e. The normalized spacial score (nSPS) is 23.6. The van der Waals surface area contributed by atoms with Crippen molar-refractivity contribution in [2.24, 2.45) is 11.7 Å². The lowest BCUT2D eigenvalue weighted by Crippen LogP contribution is -2.37. The highest BCUT2D eigenvalue weighted by Crippen LogP contribution is 2.26. The van der Waals surface area contributed by atoms with Crippen LogP contribution in [0.5, 0.6) is 0 Å². The van der Waals surface area contributed by atoms with Crippen molar-refractivity contribution in [3.05, 3.63) is 17.5 Å². The van der Waals surface area contributed by atoms with Gasteiger partial charge in [0.1, 0.15) is 0 Å². The molecule has 0 bridgehead atoms. The first-order valence-electron chi connectivity index (χ1n) is 7.42. The van der Waals surface area contributed by atoms with Gasteiger partial charge in [0.05, 0.1) is 0 Å². The maximum absolute atomic E-state index is 5.87. The summed E-state index contributed by atoms with van der Waals surface area (Å²) in [5.74, 6) is 1.76. The van der Waals surface area contributed by atoms with Gasteiger partial charge in [0.15, 0.2) is 0 Å². The molecule has 2 unspecified atom stereocenters. The van der Waals surface area contributed by atoms with E-state index in [2.05, 4.69) is 35.2 Å². The van der Waals surface area contributed by atoms with Gasteiger partial charge in [-0.15, -0.1) is 0 Å². The zero-order chi connectivity index (χ0) is 13.8. The van der Waals surface area contributed by atoms with Gasteiger partial charge in [0, 0.05) is 17.4 Å². The second-order valence-electron chi connectivity index (χ2n) is 5.94. The van der Waals surface area contributed by atoms with Gasteiger partial charge in [-0.05, 0) is 44.2 Å². The first-order chi connectivity index (χ1) is 9.10. The van der Waals surface area contributed by atoms with Crippen LogP contribution in [0, 0.1) is 12.8 Å². The van der Waals surface area contributed by atoms with Gasteiger partial charge in [-0.2, -0.15) is 0 Å². The van der Waals surface area contributed by atoms with Crippen LogP contribution < -0.4 is 11.1 Å². The van der Waals surface area contributed by atoms with Gasteiger partial charge < -0.3 is 11.1 Å². The molecule has 3 N–H and O–H groups in total. The topological polar surface area (TPSA) is 63.8 Å². The van der Waals surface area contributed by atoms with Gasteiger partial charge in [0.25, 0.3) is 0 Å². The van der Waals surface area contributed by atoms with Crippen molar-refractivity contribution in [2.45, 2.75) is 58.4 Å². The molecule has 0 aliphatic heterocycles. The summed E-state index contributed by atoms with van der Waals surface area (Å²) in [5.41, 5.74) is 8.01. The molecule has 106 valence electrons. The Kier molecular flexibility index (Phi) is 4.75. The summed E-state index contributed by atoms with van der Waals surface area (Å²) in [6.45, 7) is 7.10. The molecule has 2 rings (SSSR count). The van der Waals surface area contributed by atoms with E-state index in [1.807, 2.05) is 6.92 Å². The number of anilines is 1. The van der Waals surface area contributed by atoms with Gasteiger partial charge >= 0.3 is 0 Å². The van der Waals surface area contributed by atoms with Gasteiger partial charge in [-0.1, -0.05) is 26.7 Å². The number of rotatable bonds is 4. The third-order valence-electron chi connectivity index (χ3n) is 3.99. The lowest BCUT2D eigenvalue weighted by Gasteiger charge is -2.31. The predicted octanol–water partition coefficient (Wildman–Crippen LogP) is 2.84. The summed E-state index contributed by atoms with van der Waals surface area (Å²) in [7, 11) is 0. The molecule has 1 heterocycles. The van der Waals surface area contributed by atoms with E-state index in [4.69, 9.17) is 5.73 Å². The molecular formula is C15H26N4. The minimum absolute atomic E-state index is 0.430. The molecule has 1 saturated carbocycles. The SMILES string of the molecule is Cc1cc(C(C)C)nc(NC2CCCCC2CN)n1. The number of nitrogens with one attached hydrogen (secondary N) is 1. The molecule has 1 fully saturated rings. The zero-order valence-corrected chi connectivity index (χ0v) is 12.3. The molecule has 2 atom stereocenters. The van der Waals surface area contributed by atoms with E-state index < -0.39 is 0 Å². The van der Waals surface area contributed by atoms with Crippen LogP contribution in [0.25, 0.3) is 0 Å². The summed E-state index contributed by atoms with van der Waals surface area (Å²) in [6.07, 6.45) is 4.97. The average molecular weight is 262 g/mol. The van der Waals surface area contributed by atoms with Gasteiger partial charge in [0.2, 0.25) is 5.95 Å². The molecule has 1 aliphatic rings. The van der Waals surface area contributed by atoms with Crippen LogP contribution in [-0.4, -0.2) is 22.6 Å². The molecule has 19 heavy (non-hydrogen) atoms. The number of hydrogen-bond acceptors (Lipinski definition) is 4. The van der Waals surface area contributed by atoms with E-state index in [1.165, 1.54) is 25.7 Å². The Labute approximate surface area is 116 Å². The lowest BCUT2D eigenvalue weighted by molar-refractivity contribution is 0.331. The Balaban J connectivity index is 2.13. The third kappa shape index (κ3) is 3.66. The second-order valence-corrected chi connectivity index (χ2v) is 5.94. The molecule has 4 nitrogen and oxygen atoms in total. The molecule has 0 radical (unpaired) electrons. The molecule has 0 aromatic carbocycles. The van der Waals surface area contributed by atoms with E-state index in [0.717, 1.165) is 23.9 Å². The summed E-state index contributed by atoms with van der Waals surface area (Å²) >= 11 is 0. The van der Waals surface area contributed by atoms with E-state index in [0.29, 0.717) is 17.9 Å². The number of nitrogens with two attached hydrogens (primary N) is 1. The minimum Gasteiger partial charge on any atom is -0.351 e. The highest BCUT2D eigenvalue weighted by molar-refractivity contribution is 5.31. The van der Waals surface area contributed by atoms with Crippen LogP contribution in [0.1, 0.15) is 56.8 Å². The molecule has 0 saturated heterocycles. The maximum Gasteiger partial charge on any atom is 0.223 e. The molecule has 1 aromatic rings. The Morgan fingerprint density at radius 2 is 2.05 bits per heavy atom. The standard InChI is InChI=1S/C15H26N4/c1-10(2)14-8-11(3)17-15(19-14)18-13-7-5-4-6-12(13)9-16/h8,10,12-13H,4-7,9,16H2,1-3H3,(H,17,18,19). The van der Waals surface area contributed by atoms with E-state index >= 15 is 0 Å². The van der Waals surface area contributed by atoms with Crippen LogP contribution in [0.3, 0.4) is 0 Å². The number of hydrogen-bond donors (Lipinski definition) is 2. The Hall–Kier alpha value is -1.16. The maximum atomic E-state index is 5.87. The van der Waals surface area contributed by atoms with Crippen molar-refractivity contribution < 1.29 is 0 Å². The number of aryl methyl sites for hydroxylation is 1. The molecule has 0 spiro atoms. The first kappa shape index (κ1) is 14.3. The molecule has 1 aromatic heterocycles. The van der Waals surface area contributed by atoms with Crippen LogP contribution in [0.15, 0.2) is 6.07 Å². The van der Waals surface area contributed by atoms with Crippen molar-refractivity contribution in [3.63, 3.8) is 0 Å². The minimum atomic E-state index is 0.430. The third-order valence-corrected chi connectivity index (χ3v) is 3.99. The molecule has 4 heteroatoms. The molecule has 0 amide bonds. The van der Waals surface area contributed by atoms with Crippen LogP contribution in [0.4, 0.5) is 5.95 Å². The highest BCUT2D eigenvalue weighted by atomic mass is 15.1. The fourth-order valence-corrected chi connectivity index (χ4v) is 2.80. The van der Waals surface area contributed by atoms with Crippen LogP contribution in [0.2, 0.25) is 0 Å². The molecule has 1 aliphatic carbocycles. The van der Waals surface area contributed by atoms with E-state index in [1.54, 1.807) is 0 Å². The number of nitrogens with zero attached hydrogens (tertiary/aromatic N) is 2. The monoisotopic (exact) mass is 262 g/mol. The Morgan fingerprint density at radius 3 is 2.74 bits per heavy atom. The van der Waals surface area contributed by atoms with Crippen molar-refractivity contribution >= 4 is 5.95 Å². The van der Waals surface area contributed by atoms with Crippen molar-refractivity contribution in [1.29, 1.82) is 0 Å². The quantitative estimate of drug-likeness (QED) is 0.875. The summed E-state index contributed by atoms with van der Waals surface area (Å²) in [4.78, 5) is 9.15. The highest BCUT2D eigenvalue weighted by Gasteiger charge is 2.24. The number of aromatic nitrogens is 2. The fraction of sp³-hybridized carbons (Fsp3) is 0.733. The molecular weight excluding hydrogens is 236 g/mol. The Morgan fingerprint density at radius 1 is 1.32 bits per heavy atom. The second kappa shape index (κ2) is 6.33. The van der Waals surface area contributed by atoms with E-state index in [-0.39, 0.29) is 0 Å².